The monoisotopic (exact) mass is 445 g/mol. The summed E-state index contributed by atoms with van der Waals surface area (Å²) in [6, 6.07) is 9.77. The fraction of sp³-hybridized carbons (Fsp3) is 0.333. The average molecular weight is 446 g/mol. The highest BCUT2D eigenvalue weighted by molar-refractivity contribution is 8.00. The van der Waals surface area contributed by atoms with E-state index in [1.165, 1.54) is 23.9 Å². The Hall–Kier alpha value is -3.14. The van der Waals surface area contributed by atoms with Crippen molar-refractivity contribution < 1.29 is 18.4 Å². The molecule has 0 aliphatic rings. The molecule has 0 fully saturated rings. The topological polar surface area (TPSA) is 107 Å². The number of hydrogen-bond acceptors (Lipinski definition) is 6. The van der Waals surface area contributed by atoms with Crippen molar-refractivity contribution in [2.24, 2.45) is 5.73 Å². The normalized spacial score (nSPS) is 12.0. The third kappa shape index (κ3) is 6.17. The van der Waals surface area contributed by atoms with Crippen LogP contribution in [0.1, 0.15) is 30.5 Å². The van der Waals surface area contributed by atoms with Gasteiger partial charge in [0.1, 0.15) is 17.4 Å². The molecule has 3 rings (SSSR count). The van der Waals surface area contributed by atoms with Crippen LogP contribution in [0.15, 0.2) is 52.2 Å². The lowest BCUT2D eigenvalue weighted by molar-refractivity contribution is -0.129. The Morgan fingerprint density at radius 3 is 2.77 bits per heavy atom. The maximum absolute atomic E-state index is 13.4. The molecule has 2 amide bonds. The van der Waals surface area contributed by atoms with E-state index in [1.807, 2.05) is 10.6 Å². The van der Waals surface area contributed by atoms with Gasteiger partial charge in [0.25, 0.3) is 0 Å². The molecule has 1 atom stereocenters. The highest BCUT2D eigenvalue weighted by atomic mass is 32.2. The Bertz CT molecular complexity index is 1040. The standard InChI is InChI=1S/C21H24FN5O3S/c1-14(20(29)26(2)12-15-5-3-6-16(22)11-15)31-21-25-24-19(9-8-18(23)28)27(21)13-17-7-4-10-30-17/h3-7,10-11,14H,8-9,12-13H2,1-2H3,(H2,23,28). The first kappa shape index (κ1) is 22.5. The van der Waals surface area contributed by atoms with Gasteiger partial charge in [-0.15, -0.1) is 10.2 Å². The van der Waals surface area contributed by atoms with Crippen LogP contribution in [0.2, 0.25) is 0 Å². The van der Waals surface area contributed by atoms with E-state index in [9.17, 15) is 14.0 Å². The number of nitrogens with zero attached hydrogens (tertiary/aromatic N) is 4. The van der Waals surface area contributed by atoms with Crippen LogP contribution >= 0.6 is 11.8 Å². The molecule has 31 heavy (non-hydrogen) atoms. The number of benzene rings is 1. The summed E-state index contributed by atoms with van der Waals surface area (Å²) in [5.41, 5.74) is 5.98. The van der Waals surface area contributed by atoms with Crippen LogP contribution in [-0.2, 0) is 29.1 Å². The second-order valence-electron chi connectivity index (χ2n) is 7.11. The molecule has 2 N–H and O–H groups in total. The summed E-state index contributed by atoms with van der Waals surface area (Å²) in [7, 11) is 1.68. The number of nitrogens with two attached hydrogens (primary N) is 1. The molecule has 0 radical (unpaired) electrons. The first-order valence-electron chi connectivity index (χ1n) is 9.72. The molecular formula is C21H24FN5O3S. The van der Waals surface area contributed by atoms with E-state index in [0.29, 0.717) is 41.8 Å². The van der Waals surface area contributed by atoms with Gasteiger partial charge in [0.2, 0.25) is 11.8 Å². The van der Waals surface area contributed by atoms with Crippen molar-refractivity contribution in [3.05, 3.63) is 65.6 Å². The van der Waals surface area contributed by atoms with Crippen LogP contribution in [0.4, 0.5) is 4.39 Å². The molecule has 10 heteroatoms. The fourth-order valence-corrected chi connectivity index (χ4v) is 4.03. The largest absolute Gasteiger partial charge is 0.467 e. The molecule has 164 valence electrons. The van der Waals surface area contributed by atoms with Crippen LogP contribution in [0.5, 0.6) is 0 Å². The lowest BCUT2D eigenvalue weighted by Crippen LogP contribution is -2.33. The number of amides is 2. The van der Waals surface area contributed by atoms with Crippen molar-refractivity contribution >= 4 is 23.6 Å². The van der Waals surface area contributed by atoms with E-state index in [1.54, 1.807) is 43.3 Å². The first-order chi connectivity index (χ1) is 14.8. The molecule has 2 aromatic heterocycles. The van der Waals surface area contributed by atoms with E-state index < -0.39 is 11.2 Å². The second-order valence-corrected chi connectivity index (χ2v) is 8.42. The van der Waals surface area contributed by atoms with Crippen molar-refractivity contribution in [1.29, 1.82) is 0 Å². The van der Waals surface area contributed by atoms with Gasteiger partial charge in [-0.2, -0.15) is 0 Å². The molecule has 0 aliphatic heterocycles. The predicted octanol–water partition coefficient (Wildman–Crippen LogP) is 2.62. The highest BCUT2D eigenvalue weighted by Crippen LogP contribution is 2.25. The van der Waals surface area contributed by atoms with Crippen LogP contribution < -0.4 is 5.73 Å². The maximum Gasteiger partial charge on any atom is 0.235 e. The number of hydrogen-bond donors (Lipinski definition) is 1. The number of thioether (sulfide) groups is 1. The average Bonchev–Trinajstić information content (AvgIpc) is 3.36. The number of halogens is 1. The molecule has 8 nitrogen and oxygen atoms in total. The van der Waals surface area contributed by atoms with Gasteiger partial charge in [0.05, 0.1) is 18.1 Å². The first-order valence-corrected chi connectivity index (χ1v) is 10.6. The fourth-order valence-electron chi connectivity index (χ4n) is 3.05. The summed E-state index contributed by atoms with van der Waals surface area (Å²) >= 11 is 1.26. The van der Waals surface area contributed by atoms with Crippen molar-refractivity contribution in [3.8, 4) is 0 Å². The Balaban J connectivity index is 1.72. The molecule has 0 spiro atoms. The summed E-state index contributed by atoms with van der Waals surface area (Å²) in [5.74, 6) is 0.398. The molecule has 0 aliphatic carbocycles. The number of aromatic nitrogens is 3. The van der Waals surface area contributed by atoms with Gasteiger partial charge in [0.15, 0.2) is 5.16 Å². The number of aryl methyl sites for hydroxylation is 1. The molecule has 0 saturated carbocycles. The van der Waals surface area contributed by atoms with E-state index >= 15 is 0 Å². The zero-order valence-corrected chi connectivity index (χ0v) is 18.1. The summed E-state index contributed by atoms with van der Waals surface area (Å²) < 4.78 is 20.7. The zero-order valence-electron chi connectivity index (χ0n) is 17.3. The Morgan fingerprint density at radius 2 is 2.10 bits per heavy atom. The van der Waals surface area contributed by atoms with Gasteiger partial charge in [0, 0.05) is 26.4 Å². The quantitative estimate of drug-likeness (QED) is 0.481. The molecule has 1 unspecified atom stereocenters. The highest BCUT2D eigenvalue weighted by Gasteiger charge is 2.23. The van der Waals surface area contributed by atoms with Crippen molar-refractivity contribution in [3.63, 3.8) is 0 Å². The molecule has 0 saturated heterocycles. The number of carbonyl (C=O) groups excluding carboxylic acids is 2. The minimum atomic E-state index is -0.456. The summed E-state index contributed by atoms with van der Waals surface area (Å²) in [6.07, 6.45) is 2.06. The van der Waals surface area contributed by atoms with Crippen molar-refractivity contribution in [2.45, 2.75) is 43.3 Å². The van der Waals surface area contributed by atoms with Gasteiger partial charge in [-0.25, -0.2) is 4.39 Å². The van der Waals surface area contributed by atoms with Crippen LogP contribution in [0.3, 0.4) is 0 Å². The number of carbonyl (C=O) groups is 2. The smallest absolute Gasteiger partial charge is 0.235 e. The third-order valence-corrected chi connectivity index (χ3v) is 5.67. The maximum atomic E-state index is 13.4. The van der Waals surface area contributed by atoms with E-state index in [-0.39, 0.29) is 18.1 Å². The van der Waals surface area contributed by atoms with Gasteiger partial charge in [-0.05, 0) is 36.8 Å². The number of primary amides is 1. The van der Waals surface area contributed by atoms with Crippen LogP contribution in [0.25, 0.3) is 0 Å². The lowest BCUT2D eigenvalue weighted by atomic mass is 10.2. The van der Waals surface area contributed by atoms with Crippen molar-refractivity contribution in [1.82, 2.24) is 19.7 Å². The predicted molar refractivity (Wildman–Crippen MR) is 114 cm³/mol. The lowest BCUT2D eigenvalue weighted by Gasteiger charge is -2.21. The Morgan fingerprint density at radius 1 is 1.29 bits per heavy atom. The van der Waals surface area contributed by atoms with Crippen molar-refractivity contribution in [2.75, 3.05) is 7.05 Å². The summed E-state index contributed by atoms with van der Waals surface area (Å²) in [4.78, 5) is 25.6. The minimum absolute atomic E-state index is 0.125. The molecule has 0 bridgehead atoms. The zero-order chi connectivity index (χ0) is 22.4. The minimum Gasteiger partial charge on any atom is -0.467 e. The van der Waals surface area contributed by atoms with E-state index in [0.717, 1.165) is 0 Å². The number of rotatable bonds is 10. The second kappa shape index (κ2) is 10.3. The van der Waals surface area contributed by atoms with Gasteiger partial charge in [-0.1, -0.05) is 23.9 Å². The van der Waals surface area contributed by atoms with Gasteiger partial charge in [-0.3, -0.25) is 14.2 Å². The molecule has 3 aromatic rings. The Labute approximate surface area is 183 Å². The SMILES string of the molecule is CC(Sc1nnc(CCC(N)=O)n1Cc1ccco1)C(=O)N(C)Cc1cccc(F)c1. The summed E-state index contributed by atoms with van der Waals surface area (Å²) in [6.45, 7) is 2.45. The van der Waals surface area contributed by atoms with Crippen LogP contribution in [0, 0.1) is 5.82 Å². The van der Waals surface area contributed by atoms with Gasteiger partial charge >= 0.3 is 0 Å². The summed E-state index contributed by atoms with van der Waals surface area (Å²) in [5, 5.41) is 8.47. The number of furan rings is 1. The van der Waals surface area contributed by atoms with E-state index in [4.69, 9.17) is 10.2 Å². The third-order valence-electron chi connectivity index (χ3n) is 4.60. The Kier molecular flexibility index (Phi) is 7.45. The molecular weight excluding hydrogens is 421 g/mol. The molecule has 1 aromatic carbocycles. The van der Waals surface area contributed by atoms with Gasteiger partial charge < -0.3 is 15.1 Å². The molecule has 2 heterocycles. The van der Waals surface area contributed by atoms with Crippen LogP contribution in [-0.4, -0.2) is 43.8 Å². The van der Waals surface area contributed by atoms with E-state index in [2.05, 4.69) is 10.2 Å².